The van der Waals surface area contributed by atoms with Crippen LogP contribution in [0.25, 0.3) is 0 Å². The third-order valence-electron chi connectivity index (χ3n) is 4.20. The van der Waals surface area contributed by atoms with Gasteiger partial charge in [0.25, 0.3) is 0 Å². The molecule has 7 nitrogen and oxygen atoms in total. The van der Waals surface area contributed by atoms with Gasteiger partial charge in [-0.15, -0.1) is 0 Å². The quantitative estimate of drug-likeness (QED) is 0.735. The van der Waals surface area contributed by atoms with Gasteiger partial charge in [-0.3, -0.25) is 9.69 Å². The third-order valence-corrected chi connectivity index (χ3v) is 5.14. The lowest BCUT2D eigenvalue weighted by Gasteiger charge is -2.33. The van der Waals surface area contributed by atoms with E-state index in [2.05, 4.69) is 4.99 Å². The number of carbonyl (C=O) groups excluding carboxylic acids is 2. The monoisotopic (exact) mass is 376 g/mol. The topological polar surface area (TPSA) is 77.4 Å². The van der Waals surface area contributed by atoms with E-state index in [4.69, 9.17) is 14.2 Å². The number of nitrogens with zero attached hydrogens (tertiary/aromatic N) is 2. The van der Waals surface area contributed by atoms with Crippen molar-refractivity contribution in [1.82, 2.24) is 4.90 Å². The van der Waals surface area contributed by atoms with Gasteiger partial charge in [0.15, 0.2) is 16.7 Å². The Hall–Kier alpha value is -2.48. The summed E-state index contributed by atoms with van der Waals surface area (Å²) in [5.41, 5.74) is 1.64. The summed E-state index contributed by atoms with van der Waals surface area (Å²) in [6.45, 7) is 3.74. The highest BCUT2D eigenvalue weighted by Crippen LogP contribution is 2.43. The molecule has 2 heterocycles. The normalized spacial score (nSPS) is 19.2. The molecule has 1 fully saturated rings. The van der Waals surface area contributed by atoms with Crippen LogP contribution in [0.5, 0.6) is 11.5 Å². The molecule has 0 N–H and O–H groups in total. The highest BCUT2D eigenvalue weighted by atomic mass is 32.2. The number of amidine groups is 1. The minimum absolute atomic E-state index is 0.0946. The fraction of sp³-hybridized carbons (Fsp3) is 0.389. The number of fused-ring (bicyclic) bond motifs is 1. The molecule has 2 aliphatic rings. The van der Waals surface area contributed by atoms with Crippen LogP contribution in [0.15, 0.2) is 34.5 Å². The van der Waals surface area contributed by atoms with Gasteiger partial charge in [-0.05, 0) is 31.5 Å². The van der Waals surface area contributed by atoms with Crippen molar-refractivity contribution in [3.05, 3.63) is 35.0 Å². The van der Waals surface area contributed by atoms with Crippen molar-refractivity contribution in [2.45, 2.75) is 19.9 Å². The van der Waals surface area contributed by atoms with E-state index >= 15 is 0 Å². The molecule has 1 amide bonds. The molecular weight excluding hydrogens is 356 g/mol. The summed E-state index contributed by atoms with van der Waals surface area (Å²) in [5, 5.41) is 0.598. The molecular formula is C18H20N2O5S. The van der Waals surface area contributed by atoms with E-state index in [1.807, 2.05) is 6.07 Å². The average molecular weight is 376 g/mol. The second kappa shape index (κ2) is 7.41. The Morgan fingerprint density at radius 2 is 2.04 bits per heavy atom. The van der Waals surface area contributed by atoms with Gasteiger partial charge in [0.05, 0.1) is 43.9 Å². The molecule has 26 heavy (non-hydrogen) atoms. The van der Waals surface area contributed by atoms with Crippen LogP contribution in [0.3, 0.4) is 0 Å². The Labute approximate surface area is 156 Å². The zero-order valence-electron chi connectivity index (χ0n) is 15.1. The number of carbonyl (C=O) groups is 2. The summed E-state index contributed by atoms with van der Waals surface area (Å²) in [5.74, 6) is 0.822. The van der Waals surface area contributed by atoms with Gasteiger partial charge in [-0.1, -0.05) is 17.8 Å². The molecule has 1 aromatic rings. The fourth-order valence-corrected chi connectivity index (χ4v) is 3.99. The number of esters is 1. The predicted octanol–water partition coefficient (Wildman–Crippen LogP) is 2.53. The number of thioether (sulfide) groups is 1. The van der Waals surface area contributed by atoms with Gasteiger partial charge in [0.1, 0.15) is 0 Å². The van der Waals surface area contributed by atoms with Crippen LogP contribution in [0, 0.1) is 0 Å². The van der Waals surface area contributed by atoms with E-state index in [-0.39, 0.29) is 12.5 Å². The minimum Gasteiger partial charge on any atom is -0.493 e. The van der Waals surface area contributed by atoms with Gasteiger partial charge in [-0.25, -0.2) is 9.79 Å². The maximum atomic E-state index is 12.6. The van der Waals surface area contributed by atoms with Crippen LogP contribution in [0.4, 0.5) is 0 Å². The lowest BCUT2D eigenvalue weighted by molar-refractivity contribution is -0.139. The number of methoxy groups -OCH3 is 2. The number of rotatable bonds is 5. The Balaban J connectivity index is 2.15. The number of aliphatic imine (C=N–C) groups is 1. The molecule has 1 saturated heterocycles. The minimum atomic E-state index is -0.608. The largest absolute Gasteiger partial charge is 0.493 e. The summed E-state index contributed by atoms with van der Waals surface area (Å²) in [6, 6.07) is 4.74. The molecule has 1 atom stereocenters. The standard InChI is InChI=1S/C18H20N2O5S/c1-5-25-17(22)15-10(2)19-18-20(14(21)9-26-18)16(15)11-6-7-12(23-3)13(8-11)24-4/h6-8,16H,5,9H2,1-4H3/t16-/m0/s1. The van der Waals surface area contributed by atoms with E-state index in [1.165, 1.54) is 11.8 Å². The van der Waals surface area contributed by atoms with Crippen LogP contribution in [-0.4, -0.2) is 48.5 Å². The first kappa shape index (κ1) is 18.3. The maximum absolute atomic E-state index is 12.6. The molecule has 1 aromatic carbocycles. The third kappa shape index (κ3) is 3.05. The molecule has 0 saturated carbocycles. The van der Waals surface area contributed by atoms with E-state index in [1.54, 1.807) is 45.1 Å². The summed E-state index contributed by atoms with van der Waals surface area (Å²) in [4.78, 5) is 31.1. The Morgan fingerprint density at radius 3 is 2.69 bits per heavy atom. The van der Waals surface area contributed by atoms with Gasteiger partial charge >= 0.3 is 5.97 Å². The van der Waals surface area contributed by atoms with Crippen molar-refractivity contribution in [2.24, 2.45) is 4.99 Å². The molecule has 8 heteroatoms. The zero-order valence-corrected chi connectivity index (χ0v) is 15.9. The number of hydrogen-bond acceptors (Lipinski definition) is 7. The molecule has 0 spiro atoms. The number of amides is 1. The number of allylic oxidation sites excluding steroid dienone is 1. The molecule has 138 valence electrons. The lowest BCUT2D eigenvalue weighted by atomic mass is 9.94. The van der Waals surface area contributed by atoms with Crippen LogP contribution in [0.1, 0.15) is 25.5 Å². The van der Waals surface area contributed by atoms with Crippen molar-refractivity contribution < 1.29 is 23.8 Å². The first-order valence-electron chi connectivity index (χ1n) is 8.15. The van der Waals surface area contributed by atoms with Gasteiger partial charge < -0.3 is 14.2 Å². The molecule has 3 rings (SSSR count). The number of hydrogen-bond donors (Lipinski definition) is 0. The molecule has 0 aliphatic carbocycles. The zero-order chi connectivity index (χ0) is 18.8. The highest BCUT2D eigenvalue weighted by molar-refractivity contribution is 8.15. The van der Waals surface area contributed by atoms with E-state index < -0.39 is 12.0 Å². The van der Waals surface area contributed by atoms with E-state index in [9.17, 15) is 9.59 Å². The summed E-state index contributed by atoms with van der Waals surface area (Å²) >= 11 is 1.37. The van der Waals surface area contributed by atoms with Crippen LogP contribution in [0.2, 0.25) is 0 Å². The Morgan fingerprint density at radius 1 is 1.31 bits per heavy atom. The van der Waals surface area contributed by atoms with Crippen molar-refractivity contribution >= 4 is 28.8 Å². The first-order chi connectivity index (χ1) is 12.5. The molecule has 0 unspecified atom stereocenters. The molecule has 0 aromatic heterocycles. The fourth-order valence-electron chi connectivity index (χ4n) is 3.05. The van der Waals surface area contributed by atoms with Crippen LogP contribution < -0.4 is 9.47 Å². The Kier molecular flexibility index (Phi) is 5.22. The molecule has 0 bridgehead atoms. The predicted molar refractivity (Wildman–Crippen MR) is 98.4 cm³/mol. The van der Waals surface area contributed by atoms with E-state index in [0.717, 1.165) is 5.56 Å². The summed E-state index contributed by atoms with van der Waals surface area (Å²) in [6.07, 6.45) is 0. The van der Waals surface area contributed by atoms with Crippen LogP contribution in [-0.2, 0) is 14.3 Å². The first-order valence-corrected chi connectivity index (χ1v) is 9.13. The number of benzene rings is 1. The molecule has 2 aliphatic heterocycles. The van der Waals surface area contributed by atoms with Gasteiger partial charge in [-0.2, -0.15) is 0 Å². The van der Waals surface area contributed by atoms with Gasteiger partial charge in [0, 0.05) is 0 Å². The summed E-state index contributed by atoms with van der Waals surface area (Å²) < 4.78 is 15.9. The van der Waals surface area contributed by atoms with Crippen molar-refractivity contribution in [1.29, 1.82) is 0 Å². The van der Waals surface area contributed by atoms with Crippen molar-refractivity contribution in [2.75, 3.05) is 26.6 Å². The SMILES string of the molecule is CCOC(=O)C1=C(C)N=C2SCC(=O)N2[C@H]1c1ccc(OC)c(OC)c1. The second-order valence-corrected chi connectivity index (χ2v) is 6.63. The average Bonchev–Trinajstić information content (AvgIpc) is 3.00. The van der Waals surface area contributed by atoms with Gasteiger partial charge in [0.2, 0.25) is 5.91 Å². The highest BCUT2D eigenvalue weighted by Gasteiger charge is 2.43. The Bertz CT molecular complexity index is 818. The van der Waals surface area contributed by atoms with E-state index in [0.29, 0.717) is 33.7 Å². The maximum Gasteiger partial charge on any atom is 0.338 e. The lowest BCUT2D eigenvalue weighted by Crippen LogP contribution is -2.39. The smallest absolute Gasteiger partial charge is 0.338 e. The molecule has 0 radical (unpaired) electrons. The summed E-state index contributed by atoms with van der Waals surface area (Å²) in [7, 11) is 3.09. The van der Waals surface area contributed by atoms with Crippen molar-refractivity contribution in [3.63, 3.8) is 0 Å². The second-order valence-electron chi connectivity index (χ2n) is 5.68. The van der Waals surface area contributed by atoms with Crippen molar-refractivity contribution in [3.8, 4) is 11.5 Å². The number of ether oxygens (including phenoxy) is 3. The van der Waals surface area contributed by atoms with Crippen LogP contribution >= 0.6 is 11.8 Å².